The first-order chi connectivity index (χ1) is 20.3. The quantitative estimate of drug-likeness (QED) is 0.254. The van der Waals surface area contributed by atoms with E-state index in [4.69, 9.17) is 0 Å². The second-order valence-electron chi connectivity index (χ2n) is 11.0. The van der Waals surface area contributed by atoms with Crippen molar-refractivity contribution in [2.75, 3.05) is 7.05 Å². The van der Waals surface area contributed by atoms with Gasteiger partial charge in [0.15, 0.2) is 0 Å². The van der Waals surface area contributed by atoms with Crippen LogP contribution in [0.15, 0.2) is 73.2 Å². The van der Waals surface area contributed by atoms with Crippen LogP contribution >= 0.6 is 0 Å². The summed E-state index contributed by atoms with van der Waals surface area (Å²) in [6.45, 7) is 2.00. The maximum absolute atomic E-state index is 11.9. The molecule has 0 aliphatic carbocycles. The van der Waals surface area contributed by atoms with E-state index in [0.717, 1.165) is 49.4 Å². The Morgan fingerprint density at radius 2 is 1.17 bits per heavy atom. The highest BCUT2D eigenvalue weighted by molar-refractivity contribution is 6.11. The summed E-state index contributed by atoms with van der Waals surface area (Å²) in [5.41, 5.74) is 9.34. The molecule has 6 heterocycles. The average Bonchev–Trinajstić information content (AvgIpc) is 3.67. The summed E-state index contributed by atoms with van der Waals surface area (Å²) in [5, 5.41) is 9.00. The topological polar surface area (TPSA) is 104 Å². The summed E-state index contributed by atoms with van der Waals surface area (Å²) < 4.78 is 4.15. The van der Waals surface area contributed by atoms with Crippen molar-refractivity contribution in [3.05, 3.63) is 107 Å². The maximum Gasteiger partial charge on any atom is 0.254 e. The van der Waals surface area contributed by atoms with Gasteiger partial charge >= 0.3 is 0 Å². The van der Waals surface area contributed by atoms with Gasteiger partial charge in [0, 0.05) is 109 Å². The summed E-state index contributed by atoms with van der Waals surface area (Å²) in [6, 6.07) is 17.5. The molecule has 3 aromatic carbocycles. The van der Waals surface area contributed by atoms with Gasteiger partial charge in [0.05, 0.1) is 0 Å². The minimum absolute atomic E-state index is 0.0256. The number of aromatic nitrogens is 3. The normalized spacial score (nSPS) is 14.7. The van der Waals surface area contributed by atoms with Gasteiger partial charge in [-0.25, -0.2) is 0 Å². The number of aryl methyl sites for hydroxylation is 2. The molecule has 6 aromatic rings. The number of hydrogen-bond acceptors (Lipinski definition) is 3. The Hall–Kier alpha value is -5.31. The van der Waals surface area contributed by atoms with Gasteiger partial charge in [-0.05, 0) is 53.1 Å². The number of amides is 3. The van der Waals surface area contributed by atoms with Crippen LogP contribution in [0.3, 0.4) is 0 Å². The number of carbonyl (C=O) groups is 3. The molecule has 0 bridgehead atoms. The number of nitrogens with zero attached hydrogens (tertiary/aromatic N) is 3. The van der Waals surface area contributed by atoms with E-state index in [9.17, 15) is 14.4 Å². The summed E-state index contributed by atoms with van der Waals surface area (Å²) in [7, 11) is 5.87. The van der Waals surface area contributed by atoms with E-state index in [1.807, 2.05) is 75.9 Å². The number of H-pyrrole nitrogens is 1. The van der Waals surface area contributed by atoms with Crippen molar-refractivity contribution in [1.82, 2.24) is 29.7 Å². The third-order valence-corrected chi connectivity index (χ3v) is 8.33. The first-order valence-electron chi connectivity index (χ1n) is 13.9. The molecule has 9 rings (SSSR count). The third-order valence-electron chi connectivity index (χ3n) is 8.33. The molecule has 3 aliphatic heterocycles. The van der Waals surface area contributed by atoms with E-state index in [2.05, 4.69) is 43.2 Å². The zero-order valence-electron chi connectivity index (χ0n) is 23.6. The Kier molecular flexibility index (Phi) is 5.90. The molecule has 9 nitrogen and oxygen atoms in total. The zero-order chi connectivity index (χ0) is 29.1. The lowest BCUT2D eigenvalue weighted by Gasteiger charge is -2.22. The van der Waals surface area contributed by atoms with Crippen LogP contribution in [0.1, 0.15) is 47.8 Å². The predicted octanol–water partition coefficient (Wildman–Crippen LogP) is 4.60. The molecule has 42 heavy (non-hydrogen) atoms. The number of rotatable bonds is 0. The fourth-order valence-electron chi connectivity index (χ4n) is 6.36. The van der Waals surface area contributed by atoms with E-state index < -0.39 is 0 Å². The Labute approximate surface area is 241 Å². The fourth-order valence-corrected chi connectivity index (χ4v) is 6.36. The van der Waals surface area contributed by atoms with Gasteiger partial charge in [-0.3, -0.25) is 14.4 Å². The molecular weight excluding hydrogens is 528 g/mol. The Balaban J connectivity index is 0.000000103. The highest BCUT2D eigenvalue weighted by atomic mass is 16.2. The lowest BCUT2D eigenvalue weighted by Crippen LogP contribution is -2.29. The molecule has 0 unspecified atom stereocenters. The van der Waals surface area contributed by atoms with E-state index in [0.29, 0.717) is 19.6 Å². The van der Waals surface area contributed by atoms with E-state index in [1.165, 1.54) is 16.7 Å². The smallest absolute Gasteiger partial charge is 0.254 e. The molecule has 0 atom stereocenters. The SMILES string of the molecule is CN1Cc2cn(C)c3cccc(c23)C1=O.Cn1cc2c3c(cccc31)C(=O)NC2.O=C1NCc2c[nH]c3cccc1c23. The minimum atomic E-state index is 0.0256. The second kappa shape index (κ2) is 9.66. The van der Waals surface area contributed by atoms with E-state index in [-0.39, 0.29) is 17.7 Å². The van der Waals surface area contributed by atoms with Gasteiger partial charge in [0.1, 0.15) is 0 Å². The second-order valence-corrected chi connectivity index (χ2v) is 11.0. The minimum Gasteiger partial charge on any atom is -0.361 e. The Morgan fingerprint density at radius 3 is 1.86 bits per heavy atom. The van der Waals surface area contributed by atoms with Crippen molar-refractivity contribution in [3.8, 4) is 0 Å². The number of benzene rings is 3. The third kappa shape index (κ3) is 3.96. The summed E-state index contributed by atoms with van der Waals surface area (Å²) in [6.07, 6.45) is 6.14. The van der Waals surface area contributed by atoms with Gasteiger partial charge in [0.25, 0.3) is 17.7 Å². The molecule has 3 N–H and O–H groups in total. The molecular formula is C33H30N6O3. The molecule has 3 aromatic heterocycles. The lowest BCUT2D eigenvalue weighted by molar-refractivity contribution is 0.0780. The zero-order valence-corrected chi connectivity index (χ0v) is 23.6. The van der Waals surface area contributed by atoms with Crippen LogP contribution in [0, 0.1) is 0 Å². The summed E-state index contributed by atoms with van der Waals surface area (Å²) in [5.74, 6) is 0.186. The van der Waals surface area contributed by atoms with Crippen LogP contribution in [0.5, 0.6) is 0 Å². The highest BCUT2D eigenvalue weighted by Crippen LogP contribution is 2.30. The predicted molar refractivity (Wildman–Crippen MR) is 162 cm³/mol. The molecule has 0 saturated carbocycles. The molecule has 0 radical (unpaired) electrons. The van der Waals surface area contributed by atoms with Crippen molar-refractivity contribution >= 4 is 50.4 Å². The van der Waals surface area contributed by atoms with Crippen molar-refractivity contribution in [3.63, 3.8) is 0 Å². The van der Waals surface area contributed by atoms with Gasteiger partial charge in [-0.15, -0.1) is 0 Å². The maximum atomic E-state index is 11.9. The van der Waals surface area contributed by atoms with Crippen LogP contribution in [0.4, 0.5) is 0 Å². The van der Waals surface area contributed by atoms with Crippen LogP contribution in [0.25, 0.3) is 32.7 Å². The first-order valence-corrected chi connectivity index (χ1v) is 13.9. The van der Waals surface area contributed by atoms with Gasteiger partial charge in [-0.2, -0.15) is 0 Å². The van der Waals surface area contributed by atoms with Crippen molar-refractivity contribution in [2.24, 2.45) is 14.1 Å². The monoisotopic (exact) mass is 558 g/mol. The summed E-state index contributed by atoms with van der Waals surface area (Å²) in [4.78, 5) is 39.8. The summed E-state index contributed by atoms with van der Waals surface area (Å²) >= 11 is 0. The standard InChI is InChI=1S/C12H12N2O.C11H10N2O.C10H8N2O/c1-13-6-8-7-14(2)12(15)9-4-3-5-10(13)11(8)9;1-13-6-7-5-12-11(14)8-3-2-4-9(13)10(7)8;13-10-7-2-1-3-8-9(7)6(4-11-8)5-12-10/h3-6H,7H2,1-2H3;2-4,6H,5H2,1H3,(H,12,14);1-4,11H,5H2,(H,12,13). The van der Waals surface area contributed by atoms with Gasteiger partial charge < -0.3 is 29.7 Å². The Morgan fingerprint density at radius 1 is 0.619 bits per heavy atom. The number of nitrogens with one attached hydrogen (secondary N) is 3. The average molecular weight is 559 g/mol. The van der Waals surface area contributed by atoms with Gasteiger partial charge in [-0.1, -0.05) is 18.2 Å². The van der Waals surface area contributed by atoms with Crippen molar-refractivity contribution in [1.29, 1.82) is 0 Å². The number of hydrogen-bond donors (Lipinski definition) is 3. The molecule has 0 spiro atoms. The largest absolute Gasteiger partial charge is 0.361 e. The molecule has 3 aliphatic rings. The van der Waals surface area contributed by atoms with Crippen LogP contribution in [0.2, 0.25) is 0 Å². The van der Waals surface area contributed by atoms with Crippen LogP contribution < -0.4 is 10.6 Å². The fraction of sp³-hybridized carbons (Fsp3) is 0.182. The molecule has 9 heteroatoms. The van der Waals surface area contributed by atoms with Crippen LogP contribution in [-0.4, -0.2) is 43.8 Å². The van der Waals surface area contributed by atoms with Gasteiger partial charge in [0.2, 0.25) is 0 Å². The first kappa shape index (κ1) is 25.6. The molecule has 0 fully saturated rings. The highest BCUT2D eigenvalue weighted by Gasteiger charge is 2.25. The van der Waals surface area contributed by atoms with Crippen molar-refractivity contribution < 1.29 is 14.4 Å². The van der Waals surface area contributed by atoms with E-state index in [1.54, 1.807) is 4.90 Å². The number of aromatic amines is 1. The molecule has 3 amide bonds. The number of carbonyl (C=O) groups excluding carboxylic acids is 3. The Bertz CT molecular complexity index is 2080. The van der Waals surface area contributed by atoms with Crippen molar-refractivity contribution in [2.45, 2.75) is 19.6 Å². The molecule has 0 saturated heterocycles. The van der Waals surface area contributed by atoms with E-state index >= 15 is 0 Å². The molecule has 210 valence electrons. The van der Waals surface area contributed by atoms with Crippen LogP contribution in [-0.2, 0) is 33.7 Å². The lowest BCUT2D eigenvalue weighted by atomic mass is 10.0.